The Balaban J connectivity index is 1.73. The molecule has 2 aromatic rings. The van der Waals surface area contributed by atoms with Crippen LogP contribution < -0.4 is 11.1 Å². The summed E-state index contributed by atoms with van der Waals surface area (Å²) in [5.41, 5.74) is 7.81. The maximum atomic E-state index is 13.5. The highest BCUT2D eigenvalue weighted by atomic mass is 16.9. The lowest BCUT2D eigenvalue weighted by atomic mass is 9.81. The fourth-order valence-corrected chi connectivity index (χ4v) is 4.79. The molecule has 2 aromatic carbocycles. The average Bonchev–Trinajstić information content (AvgIpc) is 2.98. The summed E-state index contributed by atoms with van der Waals surface area (Å²) in [6.45, 7) is 2.75. The first kappa shape index (κ1) is 33.5. The van der Waals surface area contributed by atoms with Crippen LogP contribution in [0.1, 0.15) is 49.7 Å². The Morgan fingerprint density at radius 3 is 2.25 bits per heavy atom. The molecule has 1 heterocycles. The molecule has 14 nitrogen and oxygen atoms in total. The minimum Gasteiger partial charge on any atom is -0.462 e. The summed E-state index contributed by atoms with van der Waals surface area (Å²) in [6.07, 6.45) is 2.26. The van der Waals surface area contributed by atoms with Crippen molar-refractivity contribution in [1.29, 1.82) is 0 Å². The van der Waals surface area contributed by atoms with Crippen molar-refractivity contribution in [3.8, 4) is 0 Å². The molecule has 44 heavy (non-hydrogen) atoms. The van der Waals surface area contributed by atoms with Crippen molar-refractivity contribution < 1.29 is 33.9 Å². The fourth-order valence-electron chi connectivity index (χ4n) is 4.79. The Labute approximate surface area is 254 Å². The molecule has 0 bridgehead atoms. The minimum atomic E-state index is -1.09. The molecule has 0 saturated heterocycles. The first-order chi connectivity index (χ1) is 21.1. The molecule has 1 aliphatic heterocycles. The molecule has 0 aromatic heterocycles. The van der Waals surface area contributed by atoms with E-state index in [0.717, 1.165) is 5.56 Å². The van der Waals surface area contributed by atoms with Gasteiger partial charge in [0.2, 0.25) is 0 Å². The van der Waals surface area contributed by atoms with Crippen molar-refractivity contribution in [3.05, 3.63) is 109 Å². The zero-order chi connectivity index (χ0) is 32.1. The maximum absolute atomic E-state index is 13.5. The Kier molecular flexibility index (Phi) is 12.6. The largest absolute Gasteiger partial charge is 0.462 e. The Hall–Kier alpha value is -4.98. The lowest BCUT2D eigenvalue weighted by molar-refractivity contribution is -0.757. The highest BCUT2D eigenvalue weighted by molar-refractivity contribution is 5.99. The number of nitrogens with one attached hydrogen (secondary N) is 1. The van der Waals surface area contributed by atoms with Gasteiger partial charge in [-0.15, -0.1) is 10.1 Å². The Morgan fingerprint density at radius 2 is 1.57 bits per heavy atom. The number of hydrogen-bond donors (Lipinski definition) is 2. The Morgan fingerprint density at radius 1 is 0.909 bits per heavy atom. The molecule has 0 amide bonds. The Bertz CT molecular complexity index is 1390. The molecule has 3 rings (SSSR count). The number of dihydropyridines is 1. The number of ether oxygens (including phenoxy) is 2. The van der Waals surface area contributed by atoms with Gasteiger partial charge in [0.15, 0.2) is 0 Å². The van der Waals surface area contributed by atoms with E-state index >= 15 is 0 Å². The third kappa shape index (κ3) is 9.80. The van der Waals surface area contributed by atoms with Crippen LogP contribution in [0, 0.1) is 20.2 Å². The summed E-state index contributed by atoms with van der Waals surface area (Å²) in [5, 5.41) is 23.8. The number of likely N-dealkylation sites (N-methyl/N-ethyl adjacent to an activating group) is 1. The van der Waals surface area contributed by atoms with E-state index in [0.29, 0.717) is 50.0 Å². The van der Waals surface area contributed by atoms with Crippen LogP contribution in [0.15, 0.2) is 77.3 Å². The number of carbonyl (C=O) groups excluding carboxylic acids is 2. The van der Waals surface area contributed by atoms with E-state index < -0.39 is 27.9 Å². The zero-order valence-electron chi connectivity index (χ0n) is 24.7. The van der Waals surface area contributed by atoms with Crippen LogP contribution in [-0.2, 0) is 30.4 Å². The molecule has 0 radical (unpaired) electrons. The molecular weight excluding hydrogens is 574 g/mol. The molecule has 0 spiro atoms. The van der Waals surface area contributed by atoms with Gasteiger partial charge in [0, 0.05) is 30.9 Å². The molecule has 3 N–H and O–H groups in total. The predicted octanol–water partition coefficient (Wildman–Crippen LogP) is 3.71. The summed E-state index contributed by atoms with van der Waals surface area (Å²) in [4.78, 5) is 54.4. The van der Waals surface area contributed by atoms with Gasteiger partial charge in [-0.2, -0.15) is 0 Å². The second-order valence-corrected chi connectivity index (χ2v) is 10.2. The van der Waals surface area contributed by atoms with E-state index in [4.69, 9.17) is 15.2 Å². The van der Waals surface area contributed by atoms with Crippen molar-refractivity contribution in [3.63, 3.8) is 0 Å². The SMILES string of the molecule is CC1=C(C(=O)OCCCCCCO[N+](=O)[O-])C(c2cccc([N+](=O)[O-])c2)C(C(=O)OCCN(C)Cc2ccccc2)=C(N)N1. The van der Waals surface area contributed by atoms with E-state index in [9.17, 15) is 29.8 Å². The number of carbonyl (C=O) groups is 2. The van der Waals surface area contributed by atoms with Gasteiger partial charge in [0.05, 0.1) is 35.2 Å². The number of nitrogens with two attached hydrogens (primary N) is 1. The third-order valence-corrected chi connectivity index (χ3v) is 6.92. The fraction of sp³-hybridized carbons (Fsp3) is 0.400. The van der Waals surface area contributed by atoms with Crippen molar-refractivity contribution in [1.82, 2.24) is 10.2 Å². The van der Waals surface area contributed by atoms with Gasteiger partial charge in [0.1, 0.15) is 12.4 Å². The standard InChI is InChI=1S/C30H37N5O9/c1-21-25(29(36)42-16-8-3-4-9-17-44-35(40)41)26(23-13-10-14-24(19-23)34(38)39)27(28(31)32-21)30(37)43-18-15-33(2)20-22-11-6-5-7-12-22/h5-7,10-14,19,26,32H,3-4,8-9,15-18,20,31H2,1-2H3. The maximum Gasteiger partial charge on any atom is 0.338 e. The second kappa shape index (κ2) is 16.6. The summed E-state index contributed by atoms with van der Waals surface area (Å²) in [6, 6.07) is 15.4. The quantitative estimate of drug-likeness (QED) is 0.114. The number of nitro groups is 1. The number of non-ortho nitro benzene ring substituents is 1. The smallest absolute Gasteiger partial charge is 0.338 e. The molecule has 1 aliphatic rings. The molecule has 0 fully saturated rings. The third-order valence-electron chi connectivity index (χ3n) is 6.92. The van der Waals surface area contributed by atoms with Gasteiger partial charge in [0.25, 0.3) is 10.8 Å². The van der Waals surface area contributed by atoms with Crippen LogP contribution in [0.25, 0.3) is 0 Å². The van der Waals surface area contributed by atoms with Crippen molar-refractivity contribution in [2.75, 3.05) is 33.4 Å². The zero-order valence-corrected chi connectivity index (χ0v) is 24.7. The molecule has 0 saturated carbocycles. The van der Waals surface area contributed by atoms with Crippen LogP contribution in [0.3, 0.4) is 0 Å². The topological polar surface area (TPSA) is 189 Å². The van der Waals surface area contributed by atoms with E-state index in [1.807, 2.05) is 42.3 Å². The van der Waals surface area contributed by atoms with Gasteiger partial charge in [-0.25, -0.2) is 9.59 Å². The number of allylic oxidation sites excluding steroid dienone is 1. The summed E-state index contributed by atoms with van der Waals surface area (Å²) >= 11 is 0. The second-order valence-electron chi connectivity index (χ2n) is 10.2. The highest BCUT2D eigenvalue weighted by Gasteiger charge is 2.39. The van der Waals surface area contributed by atoms with Crippen LogP contribution >= 0.6 is 0 Å². The van der Waals surface area contributed by atoms with Gasteiger partial charge in [-0.3, -0.25) is 15.0 Å². The normalized spacial score (nSPS) is 14.7. The molecule has 1 unspecified atom stereocenters. The van der Waals surface area contributed by atoms with Crippen molar-refractivity contribution >= 4 is 17.6 Å². The van der Waals surface area contributed by atoms with E-state index in [-0.39, 0.29) is 42.5 Å². The summed E-state index contributed by atoms with van der Waals surface area (Å²) < 4.78 is 11.1. The molecule has 1 atom stereocenters. The number of benzene rings is 2. The van der Waals surface area contributed by atoms with Gasteiger partial charge in [-0.1, -0.05) is 48.9 Å². The van der Waals surface area contributed by atoms with Gasteiger partial charge in [-0.05, 0) is 44.4 Å². The molecular formula is C30H37N5O9. The molecule has 0 aliphatic carbocycles. The first-order valence-electron chi connectivity index (χ1n) is 14.1. The van der Waals surface area contributed by atoms with Crippen LogP contribution in [-0.4, -0.2) is 60.3 Å². The highest BCUT2D eigenvalue weighted by Crippen LogP contribution is 2.39. The number of rotatable bonds is 17. The minimum absolute atomic E-state index is 0.00855. The van der Waals surface area contributed by atoms with Gasteiger partial charge < -0.3 is 25.4 Å². The number of nitrogens with zero attached hydrogens (tertiary/aromatic N) is 3. The van der Waals surface area contributed by atoms with E-state index in [1.165, 1.54) is 18.2 Å². The lowest BCUT2D eigenvalue weighted by Gasteiger charge is -2.30. The number of hydrogen-bond acceptors (Lipinski definition) is 12. The van der Waals surface area contributed by atoms with Crippen LogP contribution in [0.4, 0.5) is 5.69 Å². The van der Waals surface area contributed by atoms with Crippen LogP contribution in [0.5, 0.6) is 0 Å². The molecule has 14 heteroatoms. The van der Waals surface area contributed by atoms with Gasteiger partial charge >= 0.3 is 11.9 Å². The average molecular weight is 612 g/mol. The van der Waals surface area contributed by atoms with Crippen molar-refractivity contribution in [2.45, 2.75) is 45.1 Å². The van der Waals surface area contributed by atoms with Crippen molar-refractivity contribution in [2.24, 2.45) is 5.73 Å². The number of unbranched alkanes of at least 4 members (excludes halogenated alkanes) is 3. The number of nitro benzene ring substituents is 1. The number of esters is 2. The van der Waals surface area contributed by atoms with E-state index in [1.54, 1.807) is 13.0 Å². The van der Waals surface area contributed by atoms with E-state index in [2.05, 4.69) is 10.2 Å². The molecule has 236 valence electrons. The first-order valence-corrected chi connectivity index (χ1v) is 14.1. The predicted molar refractivity (Wildman–Crippen MR) is 159 cm³/mol. The summed E-state index contributed by atoms with van der Waals surface area (Å²) in [5.74, 6) is -2.61. The monoisotopic (exact) mass is 611 g/mol. The van der Waals surface area contributed by atoms with Crippen LogP contribution in [0.2, 0.25) is 0 Å². The summed E-state index contributed by atoms with van der Waals surface area (Å²) in [7, 11) is 1.89. The lowest BCUT2D eigenvalue weighted by Crippen LogP contribution is -2.36.